The number of nitrogens with one attached hydrogen (secondary N) is 2. The minimum absolute atomic E-state index is 0.0740. The van der Waals surface area contributed by atoms with Gasteiger partial charge in [0.15, 0.2) is 0 Å². The van der Waals surface area contributed by atoms with E-state index in [1.807, 2.05) is 26.0 Å². The van der Waals surface area contributed by atoms with Gasteiger partial charge in [0.1, 0.15) is 30.1 Å². The molecule has 2 aromatic rings. The lowest BCUT2D eigenvalue weighted by Gasteiger charge is -2.34. The molecule has 0 aliphatic heterocycles. The number of carbonyl (C=O) groups excluding carboxylic acids is 3. The minimum atomic E-state index is -1.26. The SMILES string of the molecule is Cc1cc(Br)c(O[C@@H]2C=C(C(=O)N[C@H](CC(C)C)C(N)=O)C[C@@H](OC(=O)Nc3ccccc3)[C@H]2O)c2c1CCC2. The summed E-state index contributed by atoms with van der Waals surface area (Å²) in [5, 5.41) is 16.6. The van der Waals surface area contributed by atoms with Crippen molar-refractivity contribution in [1.29, 1.82) is 0 Å². The largest absolute Gasteiger partial charge is 0.482 e. The minimum Gasteiger partial charge on any atom is -0.482 e. The molecule has 2 aromatic carbocycles. The molecule has 0 radical (unpaired) electrons. The van der Waals surface area contributed by atoms with Gasteiger partial charge < -0.3 is 25.6 Å². The average molecular weight is 615 g/mol. The molecule has 0 unspecified atom stereocenters. The molecule has 5 N–H and O–H groups in total. The number of amides is 3. The van der Waals surface area contributed by atoms with Crippen molar-refractivity contribution < 1.29 is 29.0 Å². The number of benzene rings is 2. The van der Waals surface area contributed by atoms with E-state index in [0.29, 0.717) is 17.9 Å². The highest BCUT2D eigenvalue weighted by molar-refractivity contribution is 9.10. The molecule has 0 saturated carbocycles. The number of aryl methyl sites for hydroxylation is 1. The lowest BCUT2D eigenvalue weighted by atomic mass is 9.90. The van der Waals surface area contributed by atoms with Gasteiger partial charge in [0, 0.05) is 17.7 Å². The van der Waals surface area contributed by atoms with E-state index in [2.05, 4.69) is 33.5 Å². The fraction of sp³-hybridized carbons (Fsp3) is 0.433. The van der Waals surface area contributed by atoms with Gasteiger partial charge in [0.2, 0.25) is 11.8 Å². The first-order chi connectivity index (χ1) is 19.0. The fourth-order valence-electron chi connectivity index (χ4n) is 5.25. The maximum Gasteiger partial charge on any atom is 0.412 e. The molecule has 40 heavy (non-hydrogen) atoms. The zero-order valence-electron chi connectivity index (χ0n) is 22.9. The second kappa shape index (κ2) is 12.9. The number of ether oxygens (including phenoxy) is 2. The highest BCUT2D eigenvalue weighted by Gasteiger charge is 2.39. The number of para-hydroxylation sites is 1. The summed E-state index contributed by atoms with van der Waals surface area (Å²) in [6, 6.07) is 9.88. The van der Waals surface area contributed by atoms with Crippen LogP contribution in [0.2, 0.25) is 0 Å². The number of primary amides is 1. The number of rotatable bonds is 9. The van der Waals surface area contributed by atoms with Crippen molar-refractivity contribution in [2.45, 2.75) is 77.2 Å². The van der Waals surface area contributed by atoms with Gasteiger partial charge in [0.25, 0.3) is 0 Å². The molecule has 214 valence electrons. The van der Waals surface area contributed by atoms with Crippen molar-refractivity contribution in [2.24, 2.45) is 11.7 Å². The summed E-state index contributed by atoms with van der Waals surface area (Å²) in [7, 11) is 0. The lowest BCUT2D eigenvalue weighted by molar-refractivity contribution is -0.126. The third-order valence-electron chi connectivity index (χ3n) is 7.21. The topological polar surface area (TPSA) is 140 Å². The quantitative estimate of drug-likeness (QED) is 0.332. The molecule has 0 saturated heterocycles. The Labute approximate surface area is 242 Å². The smallest absolute Gasteiger partial charge is 0.412 e. The van der Waals surface area contributed by atoms with Crippen LogP contribution in [-0.4, -0.2) is 47.4 Å². The summed E-state index contributed by atoms with van der Waals surface area (Å²) in [5.41, 5.74) is 9.73. The second-order valence-electron chi connectivity index (χ2n) is 10.8. The van der Waals surface area contributed by atoms with E-state index in [1.54, 1.807) is 24.3 Å². The molecule has 2 aliphatic rings. The fourth-order valence-corrected chi connectivity index (χ4v) is 5.93. The number of hydrogen-bond donors (Lipinski definition) is 4. The lowest BCUT2D eigenvalue weighted by Crippen LogP contribution is -2.50. The average Bonchev–Trinajstić information content (AvgIpc) is 3.39. The number of fused-ring (bicyclic) bond motifs is 1. The van der Waals surface area contributed by atoms with E-state index in [-0.39, 0.29) is 17.9 Å². The van der Waals surface area contributed by atoms with Gasteiger partial charge in [-0.3, -0.25) is 14.9 Å². The van der Waals surface area contributed by atoms with E-state index >= 15 is 0 Å². The molecule has 2 aliphatic carbocycles. The van der Waals surface area contributed by atoms with Gasteiger partial charge in [-0.1, -0.05) is 32.0 Å². The van der Waals surface area contributed by atoms with Gasteiger partial charge in [-0.2, -0.15) is 0 Å². The Kier molecular flexibility index (Phi) is 9.52. The van der Waals surface area contributed by atoms with Crippen LogP contribution in [-0.2, 0) is 27.2 Å². The van der Waals surface area contributed by atoms with Crippen molar-refractivity contribution in [3.8, 4) is 5.75 Å². The number of nitrogens with two attached hydrogens (primary N) is 1. The summed E-state index contributed by atoms with van der Waals surface area (Å²) in [4.78, 5) is 38.1. The van der Waals surface area contributed by atoms with Crippen LogP contribution in [0.3, 0.4) is 0 Å². The van der Waals surface area contributed by atoms with E-state index in [9.17, 15) is 19.5 Å². The van der Waals surface area contributed by atoms with Crippen LogP contribution in [0.5, 0.6) is 5.75 Å². The van der Waals surface area contributed by atoms with Crippen LogP contribution in [0.4, 0.5) is 10.5 Å². The summed E-state index contributed by atoms with van der Waals surface area (Å²) in [6.07, 6.45) is 0.490. The third-order valence-corrected chi connectivity index (χ3v) is 7.80. The molecule has 4 rings (SSSR count). The van der Waals surface area contributed by atoms with E-state index < -0.39 is 42.3 Å². The Morgan fingerprint density at radius 3 is 2.52 bits per heavy atom. The number of aliphatic hydroxyl groups is 1. The molecule has 0 spiro atoms. The Bertz CT molecular complexity index is 1300. The van der Waals surface area contributed by atoms with Crippen molar-refractivity contribution in [3.63, 3.8) is 0 Å². The molecule has 3 amide bonds. The molecule has 0 bridgehead atoms. The van der Waals surface area contributed by atoms with Gasteiger partial charge in [-0.15, -0.1) is 0 Å². The van der Waals surface area contributed by atoms with Crippen LogP contribution in [0.1, 0.15) is 49.8 Å². The zero-order valence-corrected chi connectivity index (χ0v) is 24.5. The molecule has 0 heterocycles. The monoisotopic (exact) mass is 613 g/mol. The summed E-state index contributed by atoms with van der Waals surface area (Å²) in [6.45, 7) is 5.91. The van der Waals surface area contributed by atoms with E-state index in [1.165, 1.54) is 11.6 Å². The van der Waals surface area contributed by atoms with Gasteiger partial charge >= 0.3 is 6.09 Å². The Balaban J connectivity index is 1.61. The van der Waals surface area contributed by atoms with E-state index in [4.69, 9.17) is 15.2 Å². The maximum atomic E-state index is 13.3. The van der Waals surface area contributed by atoms with Gasteiger partial charge in [-0.05, 0) is 95.4 Å². The van der Waals surface area contributed by atoms with Crippen molar-refractivity contribution >= 4 is 39.5 Å². The Hall–Kier alpha value is -3.37. The highest BCUT2D eigenvalue weighted by Crippen LogP contribution is 2.40. The standard InChI is InChI=1S/C30H36BrN3O6/c1-16(2)12-23(28(32)36)34-29(37)18-14-24(39-27-21-11-7-10-20(21)17(3)13-22(27)31)26(35)25(15-18)40-30(38)33-19-8-5-4-6-9-19/h4-6,8-9,13-14,16,23-26,35H,7,10-12,15H2,1-3H3,(H2,32,36)(H,33,38)(H,34,37)/t23-,24-,25-,26+/m1/s1. The van der Waals surface area contributed by atoms with Crippen molar-refractivity contribution in [3.05, 3.63) is 69.2 Å². The number of hydrogen-bond acceptors (Lipinski definition) is 6. The molecular formula is C30H36BrN3O6. The predicted octanol–water partition coefficient (Wildman–Crippen LogP) is 4.32. The second-order valence-corrected chi connectivity index (χ2v) is 11.6. The molecular weight excluding hydrogens is 578 g/mol. The van der Waals surface area contributed by atoms with Gasteiger partial charge in [0.05, 0.1) is 4.47 Å². The Morgan fingerprint density at radius 1 is 1.15 bits per heavy atom. The van der Waals surface area contributed by atoms with Crippen LogP contribution >= 0.6 is 15.9 Å². The first-order valence-corrected chi connectivity index (χ1v) is 14.3. The maximum absolute atomic E-state index is 13.3. The van der Waals surface area contributed by atoms with E-state index in [0.717, 1.165) is 34.9 Å². The molecule has 9 nitrogen and oxygen atoms in total. The molecule has 4 atom stereocenters. The number of carbonyl (C=O) groups is 3. The van der Waals surface area contributed by atoms with Crippen molar-refractivity contribution in [1.82, 2.24) is 5.32 Å². The normalized spacial score (nSPS) is 20.8. The highest BCUT2D eigenvalue weighted by atomic mass is 79.9. The van der Waals surface area contributed by atoms with Gasteiger partial charge in [-0.25, -0.2) is 4.79 Å². The number of aliphatic hydroxyl groups excluding tert-OH is 1. The van der Waals surface area contributed by atoms with Crippen LogP contribution in [0.15, 0.2) is 52.5 Å². The first kappa shape index (κ1) is 29.6. The third kappa shape index (κ3) is 7.03. The van der Waals surface area contributed by atoms with Crippen LogP contribution in [0.25, 0.3) is 0 Å². The van der Waals surface area contributed by atoms with Crippen LogP contribution < -0.4 is 21.1 Å². The first-order valence-electron chi connectivity index (χ1n) is 13.5. The Morgan fingerprint density at radius 2 is 1.85 bits per heavy atom. The number of halogens is 1. The van der Waals surface area contributed by atoms with Crippen molar-refractivity contribution in [2.75, 3.05) is 5.32 Å². The van der Waals surface area contributed by atoms with Crippen LogP contribution in [0, 0.1) is 12.8 Å². The summed E-state index contributed by atoms with van der Waals surface area (Å²) >= 11 is 3.60. The summed E-state index contributed by atoms with van der Waals surface area (Å²) < 4.78 is 12.7. The molecule has 10 heteroatoms. The molecule has 0 aromatic heterocycles. The number of anilines is 1. The predicted molar refractivity (Wildman–Crippen MR) is 155 cm³/mol. The zero-order chi connectivity index (χ0) is 29.0. The summed E-state index contributed by atoms with van der Waals surface area (Å²) in [5.74, 6) is -0.451. The molecule has 0 fully saturated rings.